The van der Waals surface area contributed by atoms with E-state index in [2.05, 4.69) is 11.9 Å². The molecule has 0 spiro atoms. The van der Waals surface area contributed by atoms with Gasteiger partial charge in [-0.2, -0.15) is 4.31 Å². The Bertz CT molecular complexity index is 683. The lowest BCUT2D eigenvalue weighted by atomic mass is 10.2. The molecule has 1 aromatic rings. The number of nitrogens with zero attached hydrogens (tertiary/aromatic N) is 1. The fourth-order valence-corrected chi connectivity index (χ4v) is 4.16. The highest BCUT2D eigenvalue weighted by molar-refractivity contribution is 7.89. The lowest BCUT2D eigenvalue weighted by Gasteiger charge is -2.34. The van der Waals surface area contributed by atoms with E-state index in [0.717, 1.165) is 17.0 Å². The number of carbonyl (C=O) groups is 1. The van der Waals surface area contributed by atoms with E-state index in [0.29, 0.717) is 32.7 Å². The van der Waals surface area contributed by atoms with Crippen LogP contribution in [-0.4, -0.2) is 57.4 Å². The van der Waals surface area contributed by atoms with Crippen LogP contribution in [0.4, 0.5) is 4.39 Å². The third kappa shape index (κ3) is 4.19. The van der Waals surface area contributed by atoms with Gasteiger partial charge in [-0.05, 0) is 31.2 Å². The molecule has 1 aliphatic rings. The number of hydrogen-bond acceptors (Lipinski definition) is 3. The van der Waals surface area contributed by atoms with Crippen LogP contribution in [0, 0.1) is 5.82 Å². The number of carbonyl (C=O) groups excluding carboxylic acids is 1. The maximum absolute atomic E-state index is 13.0. The van der Waals surface area contributed by atoms with Gasteiger partial charge in [-0.15, -0.1) is 6.58 Å². The lowest BCUT2D eigenvalue weighted by molar-refractivity contribution is -0.917. The van der Waals surface area contributed by atoms with Gasteiger partial charge in [-0.25, -0.2) is 12.8 Å². The van der Waals surface area contributed by atoms with Crippen molar-refractivity contribution in [2.24, 2.45) is 0 Å². The van der Waals surface area contributed by atoms with Crippen molar-refractivity contribution in [1.29, 1.82) is 0 Å². The number of halogens is 1. The third-order valence-corrected chi connectivity index (χ3v) is 6.16. The van der Waals surface area contributed by atoms with Crippen molar-refractivity contribution in [2.75, 3.05) is 32.7 Å². The Morgan fingerprint density at radius 1 is 1.38 bits per heavy atom. The largest absolute Gasteiger partial charge is 0.347 e. The molecule has 1 atom stereocenters. The Balaban J connectivity index is 1.98. The van der Waals surface area contributed by atoms with Gasteiger partial charge in [0, 0.05) is 6.54 Å². The first kappa shape index (κ1) is 18.6. The van der Waals surface area contributed by atoms with Crippen molar-refractivity contribution >= 4 is 15.9 Å². The van der Waals surface area contributed by atoms with E-state index in [1.807, 2.05) is 6.92 Å². The molecule has 1 amide bonds. The zero-order valence-corrected chi connectivity index (χ0v) is 14.5. The molecule has 132 valence electrons. The van der Waals surface area contributed by atoms with E-state index in [1.54, 1.807) is 6.08 Å². The SMILES string of the molecule is C=CCNC(=O)[C@H](C)[NH+]1CCN(S(=O)(=O)c2ccc(F)cc2)CC1. The van der Waals surface area contributed by atoms with Crippen molar-refractivity contribution in [3.63, 3.8) is 0 Å². The minimum atomic E-state index is -3.62. The highest BCUT2D eigenvalue weighted by atomic mass is 32.2. The first-order chi connectivity index (χ1) is 11.4. The molecule has 2 N–H and O–H groups in total. The summed E-state index contributed by atoms with van der Waals surface area (Å²) in [6.45, 7) is 7.55. The monoisotopic (exact) mass is 356 g/mol. The molecule has 8 heteroatoms. The predicted molar refractivity (Wildman–Crippen MR) is 88.5 cm³/mol. The van der Waals surface area contributed by atoms with Gasteiger partial charge in [-0.3, -0.25) is 4.79 Å². The van der Waals surface area contributed by atoms with Crippen molar-refractivity contribution in [1.82, 2.24) is 9.62 Å². The maximum Gasteiger partial charge on any atom is 0.278 e. The molecular weight excluding hydrogens is 333 g/mol. The van der Waals surface area contributed by atoms with E-state index in [1.165, 1.54) is 16.4 Å². The zero-order chi connectivity index (χ0) is 17.7. The number of amides is 1. The van der Waals surface area contributed by atoms with E-state index in [4.69, 9.17) is 0 Å². The Morgan fingerprint density at radius 3 is 2.50 bits per heavy atom. The van der Waals surface area contributed by atoms with E-state index < -0.39 is 15.8 Å². The van der Waals surface area contributed by atoms with Crippen molar-refractivity contribution in [3.8, 4) is 0 Å². The summed E-state index contributed by atoms with van der Waals surface area (Å²) in [5.41, 5.74) is 0. The van der Waals surface area contributed by atoms with Gasteiger partial charge < -0.3 is 10.2 Å². The van der Waals surface area contributed by atoms with Crippen LogP contribution >= 0.6 is 0 Å². The molecule has 1 saturated heterocycles. The quantitative estimate of drug-likeness (QED) is 0.669. The first-order valence-electron chi connectivity index (χ1n) is 7.85. The molecule has 0 radical (unpaired) electrons. The molecule has 0 aromatic heterocycles. The van der Waals surface area contributed by atoms with Crippen LogP contribution < -0.4 is 10.2 Å². The summed E-state index contributed by atoms with van der Waals surface area (Å²) < 4.78 is 39.5. The highest BCUT2D eigenvalue weighted by Crippen LogP contribution is 2.16. The van der Waals surface area contributed by atoms with Gasteiger partial charge in [0.05, 0.1) is 31.1 Å². The smallest absolute Gasteiger partial charge is 0.278 e. The van der Waals surface area contributed by atoms with Crippen LogP contribution in [-0.2, 0) is 14.8 Å². The second kappa shape index (κ2) is 7.87. The number of sulfonamides is 1. The van der Waals surface area contributed by atoms with Crippen LogP contribution in [0.15, 0.2) is 41.8 Å². The number of quaternary nitrogens is 1. The summed E-state index contributed by atoms with van der Waals surface area (Å²) in [6, 6.07) is 4.58. The first-order valence-corrected chi connectivity index (χ1v) is 9.29. The molecule has 0 aliphatic carbocycles. The van der Waals surface area contributed by atoms with Gasteiger partial charge in [0.15, 0.2) is 6.04 Å². The molecule has 24 heavy (non-hydrogen) atoms. The second-order valence-electron chi connectivity index (χ2n) is 5.77. The minimum Gasteiger partial charge on any atom is -0.347 e. The Labute approximate surface area is 142 Å². The molecule has 1 aliphatic heterocycles. The van der Waals surface area contributed by atoms with Crippen molar-refractivity contribution in [2.45, 2.75) is 17.9 Å². The Kier molecular flexibility index (Phi) is 6.09. The van der Waals surface area contributed by atoms with Gasteiger partial charge >= 0.3 is 0 Å². The maximum atomic E-state index is 13.0. The van der Waals surface area contributed by atoms with Crippen LogP contribution in [0.3, 0.4) is 0 Å². The molecule has 1 fully saturated rings. The molecule has 0 unspecified atom stereocenters. The molecule has 2 rings (SSSR count). The molecule has 1 aromatic carbocycles. The Morgan fingerprint density at radius 2 is 1.96 bits per heavy atom. The van der Waals surface area contributed by atoms with E-state index in [9.17, 15) is 17.6 Å². The summed E-state index contributed by atoms with van der Waals surface area (Å²) >= 11 is 0. The van der Waals surface area contributed by atoms with E-state index in [-0.39, 0.29) is 16.8 Å². The summed E-state index contributed by atoms with van der Waals surface area (Å²) in [4.78, 5) is 13.1. The van der Waals surface area contributed by atoms with Gasteiger partial charge in [0.2, 0.25) is 10.0 Å². The fraction of sp³-hybridized carbons (Fsp3) is 0.438. The fourth-order valence-electron chi connectivity index (χ4n) is 2.71. The topological polar surface area (TPSA) is 70.9 Å². The molecular formula is C16H23FN3O3S+. The van der Waals surface area contributed by atoms with Crippen LogP contribution in [0.25, 0.3) is 0 Å². The zero-order valence-electron chi connectivity index (χ0n) is 13.7. The molecule has 0 saturated carbocycles. The average molecular weight is 356 g/mol. The number of rotatable bonds is 6. The van der Waals surface area contributed by atoms with Crippen LogP contribution in [0.5, 0.6) is 0 Å². The predicted octanol–water partition coefficient (Wildman–Crippen LogP) is -0.594. The summed E-state index contributed by atoms with van der Waals surface area (Å²) in [5, 5.41) is 2.76. The minimum absolute atomic E-state index is 0.0697. The van der Waals surface area contributed by atoms with Crippen molar-refractivity contribution < 1.29 is 22.5 Å². The normalized spacial score (nSPS) is 18.1. The highest BCUT2D eigenvalue weighted by Gasteiger charge is 2.34. The van der Waals surface area contributed by atoms with Gasteiger partial charge in [-0.1, -0.05) is 6.08 Å². The standard InChI is InChI=1S/C16H22FN3O3S/c1-3-8-18-16(21)13(2)19-9-11-20(12-10-19)24(22,23)15-6-4-14(17)5-7-15/h3-7,13H,1,8-12H2,2H3,(H,18,21)/p+1/t13-/m0/s1. The summed E-state index contributed by atoms with van der Waals surface area (Å²) in [5.74, 6) is -0.540. The summed E-state index contributed by atoms with van der Waals surface area (Å²) in [7, 11) is -3.62. The Hall–Kier alpha value is -1.77. The lowest BCUT2D eigenvalue weighted by Crippen LogP contribution is -3.19. The van der Waals surface area contributed by atoms with E-state index >= 15 is 0 Å². The summed E-state index contributed by atoms with van der Waals surface area (Å²) in [6.07, 6.45) is 1.62. The number of nitrogens with one attached hydrogen (secondary N) is 2. The van der Waals surface area contributed by atoms with Gasteiger partial charge in [0.1, 0.15) is 5.82 Å². The second-order valence-corrected chi connectivity index (χ2v) is 7.71. The van der Waals surface area contributed by atoms with Crippen LogP contribution in [0.2, 0.25) is 0 Å². The number of benzene rings is 1. The average Bonchev–Trinajstić information content (AvgIpc) is 2.59. The number of piperazine rings is 1. The van der Waals surface area contributed by atoms with Gasteiger partial charge in [0.25, 0.3) is 5.91 Å². The van der Waals surface area contributed by atoms with Crippen molar-refractivity contribution in [3.05, 3.63) is 42.7 Å². The molecule has 6 nitrogen and oxygen atoms in total. The molecule has 0 bridgehead atoms. The van der Waals surface area contributed by atoms with Crippen LogP contribution in [0.1, 0.15) is 6.92 Å². The molecule has 1 heterocycles. The number of hydrogen-bond donors (Lipinski definition) is 2. The third-order valence-electron chi connectivity index (χ3n) is 4.24.